The number of carbonyl (C=O) groups excluding carboxylic acids is 1. The van der Waals surface area contributed by atoms with E-state index in [1.54, 1.807) is 6.20 Å². The summed E-state index contributed by atoms with van der Waals surface area (Å²) < 4.78 is 3.79. The number of benzene rings is 1. The van der Waals surface area contributed by atoms with Crippen molar-refractivity contribution in [3.63, 3.8) is 0 Å². The monoisotopic (exact) mass is 405 g/mol. The maximum absolute atomic E-state index is 13.6. The van der Waals surface area contributed by atoms with E-state index in [9.17, 15) is 4.79 Å². The van der Waals surface area contributed by atoms with E-state index in [-0.39, 0.29) is 17.2 Å². The fourth-order valence-electron chi connectivity index (χ4n) is 4.67. The maximum atomic E-state index is 13.6. The standard InChI is InChI=1S/C24H31N5O/c1-6-9-22-19(13-26-29(22)21-11-8-7-10-17(21)2)23(30)28-15-20(24(3,4)16-28)18-12-25-27(5)14-18/h7-8,10-14,20H,6,9,15-16H2,1-5H3. The average Bonchev–Trinajstić information content (AvgIpc) is 3.39. The number of para-hydroxylation sites is 1. The summed E-state index contributed by atoms with van der Waals surface area (Å²) in [7, 11) is 1.94. The Bertz CT molecular complexity index is 1060. The Hall–Kier alpha value is -2.89. The number of nitrogens with zero attached hydrogens (tertiary/aromatic N) is 5. The first-order valence-electron chi connectivity index (χ1n) is 10.7. The fraction of sp³-hybridized carbons (Fsp3) is 0.458. The summed E-state index contributed by atoms with van der Waals surface area (Å²) in [6.07, 6.45) is 7.53. The molecule has 1 aliphatic rings. The van der Waals surface area contributed by atoms with Gasteiger partial charge in [0.25, 0.3) is 5.91 Å². The number of hydrogen-bond acceptors (Lipinski definition) is 3. The lowest BCUT2D eigenvalue weighted by molar-refractivity contribution is 0.0777. The molecule has 1 aromatic carbocycles. The van der Waals surface area contributed by atoms with Gasteiger partial charge >= 0.3 is 0 Å². The largest absolute Gasteiger partial charge is 0.337 e. The summed E-state index contributed by atoms with van der Waals surface area (Å²) in [6.45, 7) is 10.1. The van der Waals surface area contributed by atoms with Crippen molar-refractivity contribution in [1.29, 1.82) is 0 Å². The molecule has 0 aliphatic carbocycles. The fourth-order valence-corrected chi connectivity index (χ4v) is 4.67. The first kappa shape index (κ1) is 20.4. The van der Waals surface area contributed by atoms with Crippen molar-refractivity contribution in [1.82, 2.24) is 24.5 Å². The molecule has 30 heavy (non-hydrogen) atoms. The number of carbonyl (C=O) groups is 1. The number of aryl methyl sites for hydroxylation is 2. The van der Waals surface area contributed by atoms with Crippen LogP contribution in [0.2, 0.25) is 0 Å². The Labute approximate surface area is 178 Å². The van der Waals surface area contributed by atoms with E-state index in [4.69, 9.17) is 0 Å². The molecular weight excluding hydrogens is 374 g/mol. The van der Waals surface area contributed by atoms with Gasteiger partial charge in [-0.25, -0.2) is 4.68 Å². The van der Waals surface area contributed by atoms with Crippen molar-refractivity contribution < 1.29 is 4.79 Å². The van der Waals surface area contributed by atoms with Gasteiger partial charge in [-0.2, -0.15) is 10.2 Å². The van der Waals surface area contributed by atoms with Crippen LogP contribution in [0.15, 0.2) is 42.9 Å². The SMILES string of the molecule is CCCc1c(C(=O)N2CC(c3cnn(C)c3)C(C)(C)C2)cnn1-c1ccccc1C. The second-order valence-electron chi connectivity index (χ2n) is 9.13. The minimum absolute atomic E-state index is 0.00434. The molecule has 1 aliphatic heterocycles. The molecule has 0 N–H and O–H groups in total. The van der Waals surface area contributed by atoms with Gasteiger partial charge in [0.05, 0.1) is 29.3 Å². The van der Waals surface area contributed by atoms with Crippen LogP contribution >= 0.6 is 0 Å². The van der Waals surface area contributed by atoms with E-state index in [0.717, 1.165) is 41.9 Å². The third-order valence-electron chi connectivity index (χ3n) is 6.29. The average molecular weight is 406 g/mol. The molecule has 158 valence electrons. The summed E-state index contributed by atoms with van der Waals surface area (Å²) in [5.41, 5.74) is 5.10. The van der Waals surface area contributed by atoms with Crippen LogP contribution in [0.3, 0.4) is 0 Å². The van der Waals surface area contributed by atoms with Gasteiger partial charge in [-0.05, 0) is 36.0 Å². The minimum atomic E-state index is -0.00434. The highest BCUT2D eigenvalue weighted by molar-refractivity contribution is 5.95. The molecule has 6 nitrogen and oxygen atoms in total. The Balaban J connectivity index is 1.66. The van der Waals surface area contributed by atoms with Gasteiger partial charge in [-0.15, -0.1) is 0 Å². The smallest absolute Gasteiger partial charge is 0.257 e. The van der Waals surface area contributed by atoms with Crippen molar-refractivity contribution in [3.05, 3.63) is 65.2 Å². The second-order valence-corrected chi connectivity index (χ2v) is 9.13. The topological polar surface area (TPSA) is 56.0 Å². The van der Waals surface area contributed by atoms with Crippen LogP contribution in [0, 0.1) is 12.3 Å². The summed E-state index contributed by atoms with van der Waals surface area (Å²) in [5.74, 6) is 0.355. The minimum Gasteiger partial charge on any atom is -0.337 e. The Morgan fingerprint density at radius 1 is 1.20 bits per heavy atom. The van der Waals surface area contributed by atoms with Gasteiger partial charge in [0.1, 0.15) is 0 Å². The first-order chi connectivity index (χ1) is 14.3. The molecule has 3 aromatic rings. The molecule has 1 unspecified atom stereocenters. The van der Waals surface area contributed by atoms with Crippen molar-refractivity contribution >= 4 is 5.91 Å². The van der Waals surface area contributed by atoms with Gasteiger partial charge < -0.3 is 4.90 Å². The Morgan fingerprint density at radius 2 is 1.97 bits per heavy atom. The van der Waals surface area contributed by atoms with E-state index in [2.05, 4.69) is 56.2 Å². The molecule has 3 heterocycles. The molecule has 2 aromatic heterocycles. The predicted molar refractivity (Wildman–Crippen MR) is 118 cm³/mol. The lowest BCUT2D eigenvalue weighted by atomic mass is 9.79. The summed E-state index contributed by atoms with van der Waals surface area (Å²) in [4.78, 5) is 15.6. The zero-order valence-electron chi connectivity index (χ0n) is 18.6. The number of amides is 1. The molecule has 0 bridgehead atoms. The van der Waals surface area contributed by atoms with E-state index in [1.807, 2.05) is 39.6 Å². The van der Waals surface area contributed by atoms with E-state index < -0.39 is 0 Å². The van der Waals surface area contributed by atoms with Gasteiger partial charge in [-0.1, -0.05) is 45.4 Å². The van der Waals surface area contributed by atoms with Crippen LogP contribution in [-0.2, 0) is 13.5 Å². The lowest BCUT2D eigenvalue weighted by Crippen LogP contribution is -2.30. The summed E-state index contributed by atoms with van der Waals surface area (Å²) >= 11 is 0. The van der Waals surface area contributed by atoms with Crippen LogP contribution < -0.4 is 0 Å². The van der Waals surface area contributed by atoms with Crippen LogP contribution in [0.5, 0.6) is 0 Å². The van der Waals surface area contributed by atoms with Gasteiger partial charge in [-0.3, -0.25) is 9.48 Å². The molecule has 1 fully saturated rings. The van der Waals surface area contributed by atoms with Crippen LogP contribution in [-0.4, -0.2) is 43.5 Å². The van der Waals surface area contributed by atoms with Crippen molar-refractivity contribution in [3.8, 4) is 5.69 Å². The van der Waals surface area contributed by atoms with Crippen LogP contribution in [0.1, 0.15) is 60.3 Å². The molecule has 0 saturated carbocycles. The zero-order valence-corrected chi connectivity index (χ0v) is 18.6. The first-order valence-corrected chi connectivity index (χ1v) is 10.7. The number of hydrogen-bond donors (Lipinski definition) is 0. The molecule has 6 heteroatoms. The van der Waals surface area contributed by atoms with E-state index >= 15 is 0 Å². The summed E-state index contributed by atoms with van der Waals surface area (Å²) in [5, 5.41) is 8.97. The van der Waals surface area contributed by atoms with Crippen molar-refractivity contribution in [2.45, 2.75) is 46.5 Å². The highest BCUT2D eigenvalue weighted by atomic mass is 16.2. The van der Waals surface area contributed by atoms with Crippen molar-refractivity contribution in [2.24, 2.45) is 12.5 Å². The lowest BCUT2D eigenvalue weighted by Gasteiger charge is -2.24. The number of rotatable bonds is 5. The second kappa shape index (κ2) is 7.74. The van der Waals surface area contributed by atoms with Gasteiger partial charge in [0.15, 0.2) is 0 Å². The number of aromatic nitrogens is 4. The highest BCUT2D eigenvalue weighted by Gasteiger charge is 2.43. The van der Waals surface area contributed by atoms with Gasteiger partial charge in [0.2, 0.25) is 0 Å². The molecule has 4 rings (SSSR count). The van der Waals surface area contributed by atoms with Gasteiger partial charge in [0, 0.05) is 32.3 Å². The molecular formula is C24H31N5O. The summed E-state index contributed by atoms with van der Waals surface area (Å²) in [6, 6.07) is 8.18. The van der Waals surface area contributed by atoms with E-state index in [1.165, 1.54) is 5.56 Å². The van der Waals surface area contributed by atoms with Crippen LogP contribution in [0.25, 0.3) is 5.69 Å². The normalized spacial score (nSPS) is 18.2. The molecule has 0 spiro atoms. The maximum Gasteiger partial charge on any atom is 0.257 e. The Kier molecular flexibility index (Phi) is 5.26. The quantitative estimate of drug-likeness (QED) is 0.641. The predicted octanol–water partition coefficient (Wildman–Crippen LogP) is 4.13. The third kappa shape index (κ3) is 3.55. The highest BCUT2D eigenvalue weighted by Crippen LogP contribution is 2.42. The zero-order chi connectivity index (χ0) is 21.5. The molecule has 1 saturated heterocycles. The molecule has 1 amide bonds. The third-order valence-corrected chi connectivity index (χ3v) is 6.29. The Morgan fingerprint density at radius 3 is 2.63 bits per heavy atom. The van der Waals surface area contributed by atoms with E-state index in [0.29, 0.717) is 6.54 Å². The number of likely N-dealkylation sites (tertiary alicyclic amines) is 1. The molecule has 0 radical (unpaired) electrons. The van der Waals surface area contributed by atoms with Crippen molar-refractivity contribution in [2.75, 3.05) is 13.1 Å². The van der Waals surface area contributed by atoms with Crippen LogP contribution in [0.4, 0.5) is 0 Å². The molecule has 1 atom stereocenters.